The highest BCUT2D eigenvalue weighted by Gasteiger charge is 2.05. The highest BCUT2D eigenvalue weighted by atomic mass is 19.1. The quantitative estimate of drug-likeness (QED) is 0.741. The van der Waals surface area contributed by atoms with Gasteiger partial charge in [0.1, 0.15) is 17.4 Å². The maximum Gasteiger partial charge on any atom is 0.161 e. The zero-order valence-corrected chi connectivity index (χ0v) is 7.68. The van der Waals surface area contributed by atoms with Crippen molar-refractivity contribution in [3.8, 4) is 17.1 Å². The van der Waals surface area contributed by atoms with Crippen molar-refractivity contribution < 1.29 is 9.50 Å². The standard InChI is InChI=1S/C10H8FN3O/c11-7-3-6(4-8(15)5-7)10-13-2-1-9(12)14-10/h1-5,15H,(H2,12,13,14). The molecule has 1 aromatic carbocycles. The number of halogens is 1. The molecule has 2 aromatic rings. The van der Waals surface area contributed by atoms with Crippen molar-refractivity contribution in [3.63, 3.8) is 0 Å². The second-order valence-electron chi connectivity index (χ2n) is 3.00. The second kappa shape index (κ2) is 3.53. The maximum atomic E-state index is 13.0. The average molecular weight is 205 g/mol. The van der Waals surface area contributed by atoms with Crippen molar-refractivity contribution in [2.45, 2.75) is 0 Å². The van der Waals surface area contributed by atoms with Gasteiger partial charge in [-0.25, -0.2) is 14.4 Å². The molecule has 0 unspecified atom stereocenters. The molecule has 0 saturated heterocycles. The van der Waals surface area contributed by atoms with E-state index >= 15 is 0 Å². The minimum absolute atomic E-state index is 0.170. The molecule has 3 N–H and O–H groups in total. The van der Waals surface area contributed by atoms with E-state index in [1.54, 1.807) is 0 Å². The molecule has 2 rings (SSSR count). The number of hydrogen-bond donors (Lipinski definition) is 2. The third-order valence-corrected chi connectivity index (χ3v) is 1.82. The molecule has 4 nitrogen and oxygen atoms in total. The molecule has 1 heterocycles. The summed E-state index contributed by atoms with van der Waals surface area (Å²) < 4.78 is 13.0. The third-order valence-electron chi connectivity index (χ3n) is 1.82. The molecule has 0 fully saturated rings. The number of aromatic hydroxyl groups is 1. The molecular formula is C10H8FN3O. The van der Waals surface area contributed by atoms with Crippen LogP contribution in [0.3, 0.4) is 0 Å². The van der Waals surface area contributed by atoms with E-state index < -0.39 is 5.82 Å². The van der Waals surface area contributed by atoms with Crippen molar-refractivity contribution >= 4 is 5.82 Å². The van der Waals surface area contributed by atoms with Crippen LogP contribution in [0.5, 0.6) is 5.75 Å². The molecule has 0 bridgehead atoms. The number of anilines is 1. The van der Waals surface area contributed by atoms with Crippen LogP contribution >= 0.6 is 0 Å². The van der Waals surface area contributed by atoms with E-state index in [1.807, 2.05) is 0 Å². The van der Waals surface area contributed by atoms with Crippen molar-refractivity contribution in [2.24, 2.45) is 0 Å². The van der Waals surface area contributed by atoms with Crippen molar-refractivity contribution in [1.82, 2.24) is 9.97 Å². The number of phenols is 1. The van der Waals surface area contributed by atoms with Crippen LogP contribution in [-0.2, 0) is 0 Å². The lowest BCUT2D eigenvalue weighted by atomic mass is 10.2. The minimum Gasteiger partial charge on any atom is -0.508 e. The summed E-state index contributed by atoms with van der Waals surface area (Å²) >= 11 is 0. The highest BCUT2D eigenvalue weighted by Crippen LogP contribution is 2.22. The molecule has 0 amide bonds. The van der Waals surface area contributed by atoms with Crippen LogP contribution in [-0.4, -0.2) is 15.1 Å². The van der Waals surface area contributed by atoms with Crippen LogP contribution in [0.2, 0.25) is 0 Å². The number of nitrogens with zero attached hydrogens (tertiary/aromatic N) is 2. The SMILES string of the molecule is Nc1ccnc(-c2cc(O)cc(F)c2)n1. The summed E-state index contributed by atoms with van der Waals surface area (Å²) in [6.45, 7) is 0. The maximum absolute atomic E-state index is 13.0. The lowest BCUT2D eigenvalue weighted by molar-refractivity contribution is 0.469. The number of rotatable bonds is 1. The molecule has 0 aliphatic carbocycles. The highest BCUT2D eigenvalue weighted by molar-refractivity contribution is 5.58. The molecule has 0 aliphatic rings. The smallest absolute Gasteiger partial charge is 0.161 e. The van der Waals surface area contributed by atoms with Gasteiger partial charge in [-0.1, -0.05) is 0 Å². The molecule has 76 valence electrons. The first-order chi connectivity index (χ1) is 7.15. The topological polar surface area (TPSA) is 72.0 Å². The largest absolute Gasteiger partial charge is 0.508 e. The van der Waals surface area contributed by atoms with Gasteiger partial charge in [0.05, 0.1) is 0 Å². The summed E-state index contributed by atoms with van der Waals surface area (Å²) in [4.78, 5) is 7.84. The van der Waals surface area contributed by atoms with E-state index in [-0.39, 0.29) is 11.6 Å². The molecule has 15 heavy (non-hydrogen) atoms. The molecule has 1 aromatic heterocycles. The Kier molecular flexibility index (Phi) is 2.21. The minimum atomic E-state index is -0.545. The molecule has 0 aliphatic heterocycles. The Morgan fingerprint density at radius 2 is 2.07 bits per heavy atom. The van der Waals surface area contributed by atoms with Gasteiger partial charge in [0, 0.05) is 17.8 Å². The van der Waals surface area contributed by atoms with Crippen LogP contribution in [0.25, 0.3) is 11.4 Å². The van der Waals surface area contributed by atoms with Gasteiger partial charge in [0.25, 0.3) is 0 Å². The summed E-state index contributed by atoms with van der Waals surface area (Å²) in [6.07, 6.45) is 1.47. The number of nitrogen functional groups attached to an aromatic ring is 1. The summed E-state index contributed by atoms with van der Waals surface area (Å²) in [5.74, 6) is -0.138. The number of phenolic OH excluding ortho intramolecular Hbond substituents is 1. The molecule has 5 heteroatoms. The normalized spacial score (nSPS) is 10.2. The Morgan fingerprint density at radius 1 is 1.27 bits per heavy atom. The fourth-order valence-electron chi connectivity index (χ4n) is 1.21. The van der Waals surface area contributed by atoms with E-state index in [0.717, 1.165) is 6.07 Å². The van der Waals surface area contributed by atoms with E-state index in [0.29, 0.717) is 11.4 Å². The molecule has 0 saturated carbocycles. The molecule has 0 spiro atoms. The number of hydrogen-bond acceptors (Lipinski definition) is 4. The Hall–Kier alpha value is -2.17. The lowest BCUT2D eigenvalue weighted by Crippen LogP contribution is -1.94. The Labute approximate surface area is 85.2 Å². The molecule has 0 atom stereocenters. The van der Waals surface area contributed by atoms with Crippen LogP contribution in [0.4, 0.5) is 10.2 Å². The van der Waals surface area contributed by atoms with Gasteiger partial charge in [0.2, 0.25) is 0 Å². The second-order valence-corrected chi connectivity index (χ2v) is 3.00. The van der Waals surface area contributed by atoms with E-state index in [9.17, 15) is 9.50 Å². The van der Waals surface area contributed by atoms with Gasteiger partial charge in [-0.05, 0) is 18.2 Å². The zero-order valence-electron chi connectivity index (χ0n) is 7.68. The van der Waals surface area contributed by atoms with Gasteiger partial charge in [-0.2, -0.15) is 0 Å². The van der Waals surface area contributed by atoms with Crippen molar-refractivity contribution in [1.29, 1.82) is 0 Å². The van der Waals surface area contributed by atoms with Crippen LogP contribution in [0.15, 0.2) is 30.5 Å². The first-order valence-corrected chi connectivity index (χ1v) is 4.23. The van der Waals surface area contributed by atoms with Crippen LogP contribution < -0.4 is 5.73 Å². The van der Waals surface area contributed by atoms with E-state index in [4.69, 9.17) is 5.73 Å². The zero-order chi connectivity index (χ0) is 10.8. The van der Waals surface area contributed by atoms with Gasteiger partial charge in [0.15, 0.2) is 5.82 Å². The summed E-state index contributed by atoms with van der Waals surface area (Å²) in [5.41, 5.74) is 5.85. The van der Waals surface area contributed by atoms with Gasteiger partial charge in [-0.15, -0.1) is 0 Å². The van der Waals surface area contributed by atoms with E-state index in [1.165, 1.54) is 24.4 Å². The molecular weight excluding hydrogens is 197 g/mol. The summed E-state index contributed by atoms with van der Waals surface area (Å²) in [5, 5.41) is 9.20. The molecule has 0 radical (unpaired) electrons. The van der Waals surface area contributed by atoms with Gasteiger partial charge < -0.3 is 10.8 Å². The van der Waals surface area contributed by atoms with Crippen molar-refractivity contribution in [3.05, 3.63) is 36.3 Å². The first-order valence-electron chi connectivity index (χ1n) is 4.23. The fraction of sp³-hybridized carbons (Fsp3) is 0. The first kappa shape index (κ1) is 9.39. The number of aromatic nitrogens is 2. The average Bonchev–Trinajstić information content (AvgIpc) is 2.16. The fourth-order valence-corrected chi connectivity index (χ4v) is 1.21. The number of nitrogens with two attached hydrogens (primary N) is 1. The van der Waals surface area contributed by atoms with Crippen LogP contribution in [0, 0.1) is 5.82 Å². The third kappa shape index (κ3) is 2.01. The van der Waals surface area contributed by atoms with E-state index in [2.05, 4.69) is 9.97 Å². The Balaban J connectivity index is 2.54. The predicted molar refractivity (Wildman–Crippen MR) is 53.5 cm³/mol. The Morgan fingerprint density at radius 3 is 2.73 bits per heavy atom. The lowest BCUT2D eigenvalue weighted by Gasteiger charge is -2.01. The van der Waals surface area contributed by atoms with Crippen molar-refractivity contribution in [2.75, 3.05) is 5.73 Å². The summed E-state index contributed by atoms with van der Waals surface area (Å²) in [6, 6.07) is 5.14. The Bertz CT molecular complexity index is 482. The predicted octanol–water partition coefficient (Wildman–Crippen LogP) is 1.57. The van der Waals surface area contributed by atoms with Crippen LogP contribution in [0.1, 0.15) is 0 Å². The number of benzene rings is 1. The van der Waals surface area contributed by atoms with Gasteiger partial charge >= 0.3 is 0 Å². The van der Waals surface area contributed by atoms with Gasteiger partial charge in [-0.3, -0.25) is 0 Å². The summed E-state index contributed by atoms with van der Waals surface area (Å²) in [7, 11) is 0. The monoisotopic (exact) mass is 205 g/mol.